The monoisotopic (exact) mass is 440 g/mol. The third-order valence-electron chi connectivity index (χ3n) is 3.92. The number of carbonyl (C=O) groups excluding carboxylic acids is 1. The summed E-state index contributed by atoms with van der Waals surface area (Å²) in [6.45, 7) is 0.939. The van der Waals surface area contributed by atoms with Crippen LogP contribution in [0.5, 0.6) is 0 Å². The van der Waals surface area contributed by atoms with E-state index in [0.29, 0.717) is 23.2 Å². The molecule has 0 fully saturated rings. The highest BCUT2D eigenvalue weighted by Crippen LogP contribution is 2.32. The number of rotatable bonds is 6. The SMILES string of the molecule is CN(C)CCN(C(=O)c1ccccc1[N+](=O)[O-])c1nc2ccc(Cl)cc2s1.Cl. The minimum atomic E-state index is -0.546. The molecule has 28 heavy (non-hydrogen) atoms. The lowest BCUT2D eigenvalue weighted by atomic mass is 10.1. The molecule has 3 rings (SSSR count). The number of nitro benzene ring substituents is 1. The van der Waals surface area contributed by atoms with Gasteiger partial charge in [0.05, 0.1) is 15.1 Å². The zero-order valence-corrected chi connectivity index (χ0v) is 17.6. The first-order valence-electron chi connectivity index (χ1n) is 8.13. The number of fused-ring (bicyclic) bond motifs is 1. The molecule has 3 aromatic rings. The minimum Gasteiger partial charge on any atom is -0.308 e. The summed E-state index contributed by atoms with van der Waals surface area (Å²) < 4.78 is 0.850. The minimum absolute atomic E-state index is 0. The molecule has 0 bridgehead atoms. The fraction of sp³-hybridized carbons (Fsp3) is 0.222. The lowest BCUT2D eigenvalue weighted by Gasteiger charge is -2.21. The maximum atomic E-state index is 13.2. The number of nitrogens with zero attached hydrogens (tertiary/aromatic N) is 4. The number of hydrogen-bond acceptors (Lipinski definition) is 6. The quantitative estimate of drug-likeness (QED) is 0.416. The normalized spacial score (nSPS) is 10.7. The van der Waals surface area contributed by atoms with Crippen molar-refractivity contribution in [1.29, 1.82) is 0 Å². The Morgan fingerprint density at radius 3 is 2.61 bits per heavy atom. The van der Waals surface area contributed by atoms with E-state index in [0.717, 1.165) is 10.2 Å². The van der Waals surface area contributed by atoms with E-state index in [-0.39, 0.29) is 23.7 Å². The van der Waals surface area contributed by atoms with E-state index in [1.807, 2.05) is 19.0 Å². The van der Waals surface area contributed by atoms with Gasteiger partial charge in [-0.1, -0.05) is 35.1 Å². The first-order valence-corrected chi connectivity index (χ1v) is 9.32. The molecule has 0 radical (unpaired) electrons. The third kappa shape index (κ3) is 4.77. The number of thiazole rings is 1. The number of benzene rings is 2. The average Bonchev–Trinajstić information content (AvgIpc) is 3.04. The van der Waals surface area contributed by atoms with Gasteiger partial charge in [0.25, 0.3) is 11.6 Å². The van der Waals surface area contributed by atoms with Crippen LogP contribution in [-0.4, -0.2) is 47.9 Å². The molecular weight excluding hydrogens is 423 g/mol. The Labute approximate surface area is 177 Å². The molecule has 0 aliphatic rings. The van der Waals surface area contributed by atoms with Gasteiger partial charge in [-0.25, -0.2) is 4.98 Å². The van der Waals surface area contributed by atoms with Crippen LogP contribution in [0.15, 0.2) is 42.5 Å². The Hall–Kier alpha value is -2.26. The summed E-state index contributed by atoms with van der Waals surface area (Å²) in [4.78, 5) is 31.9. The summed E-state index contributed by atoms with van der Waals surface area (Å²) in [7, 11) is 3.79. The van der Waals surface area contributed by atoms with E-state index >= 15 is 0 Å². The molecule has 1 heterocycles. The Morgan fingerprint density at radius 1 is 1.21 bits per heavy atom. The molecule has 0 N–H and O–H groups in total. The Balaban J connectivity index is 0.00000280. The lowest BCUT2D eigenvalue weighted by molar-refractivity contribution is -0.385. The van der Waals surface area contributed by atoms with Crippen LogP contribution in [0, 0.1) is 10.1 Å². The predicted molar refractivity (Wildman–Crippen MR) is 115 cm³/mol. The van der Waals surface area contributed by atoms with Crippen LogP contribution in [0.2, 0.25) is 5.02 Å². The predicted octanol–water partition coefficient (Wildman–Crippen LogP) is 4.49. The summed E-state index contributed by atoms with van der Waals surface area (Å²) in [5.74, 6) is -0.450. The summed E-state index contributed by atoms with van der Waals surface area (Å²) in [6, 6.07) is 11.3. The molecule has 2 aromatic carbocycles. The van der Waals surface area contributed by atoms with Crippen LogP contribution in [0.3, 0.4) is 0 Å². The number of hydrogen-bond donors (Lipinski definition) is 0. The molecule has 0 saturated heterocycles. The van der Waals surface area contributed by atoms with Crippen molar-refractivity contribution in [2.24, 2.45) is 0 Å². The molecule has 7 nitrogen and oxygen atoms in total. The largest absolute Gasteiger partial charge is 0.308 e. The summed E-state index contributed by atoms with van der Waals surface area (Å²) >= 11 is 7.37. The highest BCUT2D eigenvalue weighted by Gasteiger charge is 2.27. The van der Waals surface area contributed by atoms with Crippen LogP contribution in [0.4, 0.5) is 10.8 Å². The molecule has 10 heteroatoms. The number of aromatic nitrogens is 1. The van der Waals surface area contributed by atoms with E-state index in [4.69, 9.17) is 11.6 Å². The van der Waals surface area contributed by atoms with Crippen molar-refractivity contribution in [2.45, 2.75) is 0 Å². The van der Waals surface area contributed by atoms with Gasteiger partial charge >= 0.3 is 0 Å². The van der Waals surface area contributed by atoms with E-state index in [9.17, 15) is 14.9 Å². The lowest BCUT2D eigenvalue weighted by Crippen LogP contribution is -2.37. The van der Waals surface area contributed by atoms with Crippen LogP contribution in [0.1, 0.15) is 10.4 Å². The second-order valence-corrected chi connectivity index (χ2v) is 7.59. The molecule has 0 aliphatic heterocycles. The van der Waals surface area contributed by atoms with Gasteiger partial charge in [0.2, 0.25) is 0 Å². The molecule has 1 aromatic heterocycles. The van der Waals surface area contributed by atoms with Gasteiger partial charge in [-0.2, -0.15) is 0 Å². The molecule has 0 aliphatic carbocycles. The zero-order valence-electron chi connectivity index (χ0n) is 15.2. The van der Waals surface area contributed by atoms with Crippen LogP contribution >= 0.6 is 35.3 Å². The summed E-state index contributed by atoms with van der Waals surface area (Å²) in [6.07, 6.45) is 0. The third-order valence-corrected chi connectivity index (χ3v) is 5.19. The van der Waals surface area contributed by atoms with Crippen molar-refractivity contribution in [3.05, 3.63) is 63.2 Å². The van der Waals surface area contributed by atoms with Gasteiger partial charge < -0.3 is 4.90 Å². The molecule has 0 atom stereocenters. The van der Waals surface area contributed by atoms with Gasteiger partial charge in [0, 0.05) is 24.2 Å². The maximum absolute atomic E-state index is 13.2. The Bertz CT molecular complexity index is 1010. The van der Waals surface area contributed by atoms with Gasteiger partial charge in [-0.3, -0.25) is 19.8 Å². The van der Waals surface area contributed by atoms with Crippen LogP contribution < -0.4 is 4.90 Å². The average molecular weight is 441 g/mol. The molecular formula is C18H18Cl2N4O3S. The van der Waals surface area contributed by atoms with Crippen molar-refractivity contribution >= 4 is 62.3 Å². The van der Waals surface area contributed by atoms with Gasteiger partial charge in [0.1, 0.15) is 5.56 Å². The van der Waals surface area contributed by atoms with Crippen molar-refractivity contribution in [2.75, 3.05) is 32.1 Å². The molecule has 0 spiro atoms. The van der Waals surface area contributed by atoms with Crippen LogP contribution in [0.25, 0.3) is 10.2 Å². The van der Waals surface area contributed by atoms with Crippen LogP contribution in [-0.2, 0) is 0 Å². The van der Waals surface area contributed by atoms with Gasteiger partial charge in [0.15, 0.2) is 5.13 Å². The second-order valence-electron chi connectivity index (χ2n) is 6.14. The number of halogens is 2. The van der Waals surface area contributed by atoms with Gasteiger partial charge in [-0.15, -0.1) is 12.4 Å². The van der Waals surface area contributed by atoms with Crippen molar-refractivity contribution < 1.29 is 9.72 Å². The molecule has 148 valence electrons. The number of para-hydroxylation sites is 1. The highest BCUT2D eigenvalue weighted by atomic mass is 35.5. The summed E-state index contributed by atoms with van der Waals surface area (Å²) in [5.41, 5.74) is 0.546. The Morgan fingerprint density at radius 2 is 1.93 bits per heavy atom. The molecule has 0 saturated carbocycles. The standard InChI is InChI=1S/C18H17ClN4O3S.ClH/c1-21(2)9-10-22(17(24)13-5-3-4-6-15(13)23(25)26)18-20-14-8-7-12(19)11-16(14)27-18;/h3-8,11H,9-10H2,1-2H3;1H. The topological polar surface area (TPSA) is 79.6 Å². The maximum Gasteiger partial charge on any atom is 0.282 e. The zero-order chi connectivity index (χ0) is 19.6. The fourth-order valence-electron chi connectivity index (χ4n) is 2.54. The summed E-state index contributed by atoms with van der Waals surface area (Å²) in [5, 5.41) is 12.4. The van der Waals surface area contributed by atoms with Crippen molar-refractivity contribution in [3.8, 4) is 0 Å². The Kier molecular flexibility index (Phi) is 7.31. The smallest absolute Gasteiger partial charge is 0.282 e. The number of amides is 1. The van der Waals surface area contributed by atoms with E-state index in [1.165, 1.54) is 28.4 Å². The van der Waals surface area contributed by atoms with E-state index < -0.39 is 10.8 Å². The number of likely N-dealkylation sites (N-methyl/N-ethyl adjacent to an activating group) is 1. The fourth-order valence-corrected chi connectivity index (χ4v) is 3.81. The first kappa shape index (κ1) is 22.0. The van der Waals surface area contributed by atoms with Crippen molar-refractivity contribution in [3.63, 3.8) is 0 Å². The highest BCUT2D eigenvalue weighted by molar-refractivity contribution is 7.22. The van der Waals surface area contributed by atoms with E-state index in [2.05, 4.69) is 4.98 Å². The van der Waals surface area contributed by atoms with Crippen molar-refractivity contribution in [1.82, 2.24) is 9.88 Å². The van der Waals surface area contributed by atoms with Gasteiger partial charge in [-0.05, 0) is 38.4 Å². The first-order chi connectivity index (χ1) is 12.9. The molecule has 1 amide bonds. The molecule has 0 unspecified atom stereocenters. The van der Waals surface area contributed by atoms with E-state index in [1.54, 1.807) is 30.3 Å². The number of carbonyl (C=O) groups is 1. The second kappa shape index (κ2) is 9.29. The number of nitro groups is 1. The number of anilines is 1.